The lowest BCUT2D eigenvalue weighted by Crippen LogP contribution is -2.21. The van der Waals surface area contributed by atoms with Crippen LogP contribution in [0.15, 0.2) is 6.07 Å². The van der Waals surface area contributed by atoms with E-state index in [4.69, 9.17) is 5.73 Å². The van der Waals surface area contributed by atoms with Crippen LogP contribution >= 0.6 is 11.5 Å². The monoisotopic (exact) mass is 197 g/mol. The summed E-state index contributed by atoms with van der Waals surface area (Å²) in [7, 11) is 0. The van der Waals surface area contributed by atoms with Gasteiger partial charge < -0.3 is 10.6 Å². The van der Waals surface area contributed by atoms with Gasteiger partial charge in [-0.15, -0.1) is 0 Å². The molecule has 0 bridgehead atoms. The topological polar surface area (TPSA) is 42.1 Å². The Balaban J connectivity index is 2.12. The molecule has 2 rings (SSSR count). The van der Waals surface area contributed by atoms with Crippen molar-refractivity contribution in [1.29, 1.82) is 0 Å². The van der Waals surface area contributed by atoms with Gasteiger partial charge in [0.1, 0.15) is 10.8 Å². The molecule has 1 aromatic heterocycles. The first-order valence-electron chi connectivity index (χ1n) is 4.54. The van der Waals surface area contributed by atoms with Crippen LogP contribution in [0.5, 0.6) is 0 Å². The van der Waals surface area contributed by atoms with Gasteiger partial charge in [0.05, 0.1) is 0 Å². The minimum atomic E-state index is 0.443. The molecule has 0 aromatic carbocycles. The van der Waals surface area contributed by atoms with Gasteiger partial charge in [0, 0.05) is 19.2 Å². The van der Waals surface area contributed by atoms with E-state index in [2.05, 4.69) is 23.1 Å². The summed E-state index contributed by atoms with van der Waals surface area (Å²) in [5.41, 5.74) is 6.03. The molecule has 1 aromatic rings. The third-order valence-electron chi connectivity index (χ3n) is 2.51. The lowest BCUT2D eigenvalue weighted by atomic mass is 9.93. The molecule has 0 spiro atoms. The average molecular weight is 197 g/mol. The highest BCUT2D eigenvalue weighted by atomic mass is 32.1. The van der Waals surface area contributed by atoms with Crippen molar-refractivity contribution in [3.05, 3.63) is 6.07 Å². The van der Waals surface area contributed by atoms with E-state index in [0.717, 1.165) is 13.1 Å². The molecule has 0 amide bonds. The van der Waals surface area contributed by atoms with E-state index in [1.54, 1.807) is 0 Å². The fourth-order valence-corrected chi connectivity index (χ4v) is 2.42. The molecule has 0 unspecified atom stereocenters. The van der Waals surface area contributed by atoms with E-state index in [9.17, 15) is 0 Å². The Morgan fingerprint density at radius 1 is 1.62 bits per heavy atom. The van der Waals surface area contributed by atoms with E-state index < -0.39 is 0 Å². The SMILES string of the molecule is CC1(C)CCN(c2cc(N)ns2)C1. The Kier molecular flexibility index (Phi) is 1.95. The largest absolute Gasteiger partial charge is 0.383 e. The van der Waals surface area contributed by atoms with Gasteiger partial charge in [-0.05, 0) is 23.4 Å². The maximum atomic E-state index is 5.59. The molecule has 3 nitrogen and oxygen atoms in total. The molecule has 0 aliphatic carbocycles. The van der Waals surface area contributed by atoms with Crippen molar-refractivity contribution in [1.82, 2.24) is 4.37 Å². The summed E-state index contributed by atoms with van der Waals surface area (Å²) in [5.74, 6) is 0.643. The van der Waals surface area contributed by atoms with Gasteiger partial charge in [0.15, 0.2) is 0 Å². The molecule has 0 radical (unpaired) electrons. The Morgan fingerprint density at radius 2 is 2.38 bits per heavy atom. The zero-order valence-electron chi connectivity index (χ0n) is 8.08. The van der Waals surface area contributed by atoms with Crippen molar-refractivity contribution < 1.29 is 0 Å². The zero-order valence-corrected chi connectivity index (χ0v) is 8.90. The van der Waals surface area contributed by atoms with Crippen LogP contribution in [0, 0.1) is 5.41 Å². The Hall–Kier alpha value is -0.770. The summed E-state index contributed by atoms with van der Waals surface area (Å²) >= 11 is 1.50. The standard InChI is InChI=1S/C9H15N3S/c1-9(2)3-4-12(6-9)8-5-7(10)11-13-8/h5H,3-4,6H2,1-2H3,(H2,10,11). The molecule has 72 valence electrons. The quantitative estimate of drug-likeness (QED) is 0.748. The number of rotatable bonds is 1. The van der Waals surface area contributed by atoms with Crippen molar-refractivity contribution >= 4 is 22.4 Å². The van der Waals surface area contributed by atoms with Crippen molar-refractivity contribution in [3.63, 3.8) is 0 Å². The van der Waals surface area contributed by atoms with Gasteiger partial charge in [0.25, 0.3) is 0 Å². The third kappa shape index (κ3) is 1.77. The summed E-state index contributed by atoms with van der Waals surface area (Å²) in [6.07, 6.45) is 1.25. The fourth-order valence-electron chi connectivity index (χ4n) is 1.73. The number of anilines is 2. The summed E-state index contributed by atoms with van der Waals surface area (Å²) in [5, 5.41) is 1.21. The van der Waals surface area contributed by atoms with Crippen LogP contribution in [0.2, 0.25) is 0 Å². The highest BCUT2D eigenvalue weighted by Gasteiger charge is 2.29. The number of nitrogens with two attached hydrogens (primary N) is 1. The van der Waals surface area contributed by atoms with Crippen LogP contribution in [0.25, 0.3) is 0 Å². The molecular formula is C9H15N3S. The number of hydrogen-bond donors (Lipinski definition) is 1. The first-order valence-corrected chi connectivity index (χ1v) is 5.31. The van der Waals surface area contributed by atoms with Crippen molar-refractivity contribution in [3.8, 4) is 0 Å². The van der Waals surface area contributed by atoms with Crippen LogP contribution < -0.4 is 10.6 Å². The van der Waals surface area contributed by atoms with Crippen LogP contribution in [0.3, 0.4) is 0 Å². The molecule has 1 fully saturated rings. The van der Waals surface area contributed by atoms with Gasteiger partial charge in [-0.25, -0.2) is 0 Å². The number of hydrogen-bond acceptors (Lipinski definition) is 4. The molecule has 1 aliphatic heterocycles. The maximum Gasteiger partial charge on any atom is 0.139 e. The smallest absolute Gasteiger partial charge is 0.139 e. The van der Waals surface area contributed by atoms with Crippen molar-refractivity contribution in [2.24, 2.45) is 5.41 Å². The molecule has 13 heavy (non-hydrogen) atoms. The average Bonchev–Trinajstić information content (AvgIpc) is 2.56. The van der Waals surface area contributed by atoms with Crippen LogP contribution in [-0.2, 0) is 0 Å². The normalized spacial score (nSPS) is 20.9. The van der Waals surface area contributed by atoms with Gasteiger partial charge >= 0.3 is 0 Å². The summed E-state index contributed by atoms with van der Waals surface area (Å²) in [6, 6.07) is 1.96. The molecular weight excluding hydrogens is 182 g/mol. The summed E-state index contributed by atoms with van der Waals surface area (Å²) in [4.78, 5) is 2.37. The predicted molar refractivity (Wildman–Crippen MR) is 57.1 cm³/mol. The van der Waals surface area contributed by atoms with E-state index in [0.29, 0.717) is 11.2 Å². The van der Waals surface area contributed by atoms with E-state index in [1.807, 2.05) is 6.07 Å². The molecule has 2 heterocycles. The Labute approximate surface area is 82.7 Å². The highest BCUT2D eigenvalue weighted by Crippen LogP contribution is 2.34. The second kappa shape index (κ2) is 2.87. The van der Waals surface area contributed by atoms with Crippen LogP contribution in [0.1, 0.15) is 20.3 Å². The van der Waals surface area contributed by atoms with Crippen LogP contribution in [0.4, 0.5) is 10.8 Å². The third-order valence-corrected chi connectivity index (χ3v) is 3.37. The first-order chi connectivity index (χ1) is 6.07. The van der Waals surface area contributed by atoms with Crippen molar-refractivity contribution in [2.75, 3.05) is 23.7 Å². The fraction of sp³-hybridized carbons (Fsp3) is 0.667. The number of aromatic nitrogens is 1. The lowest BCUT2D eigenvalue weighted by molar-refractivity contribution is 0.419. The number of nitrogen functional groups attached to an aromatic ring is 1. The van der Waals surface area contributed by atoms with Crippen molar-refractivity contribution in [2.45, 2.75) is 20.3 Å². The maximum absolute atomic E-state index is 5.59. The molecule has 4 heteroatoms. The zero-order chi connectivity index (χ0) is 9.47. The highest BCUT2D eigenvalue weighted by molar-refractivity contribution is 7.10. The van der Waals surface area contributed by atoms with Gasteiger partial charge in [-0.2, -0.15) is 4.37 Å². The molecule has 2 N–H and O–H groups in total. The lowest BCUT2D eigenvalue weighted by Gasteiger charge is -2.19. The minimum absolute atomic E-state index is 0.443. The summed E-state index contributed by atoms with van der Waals surface area (Å²) in [6.45, 7) is 6.86. The second-order valence-corrected chi connectivity index (χ2v) is 5.21. The Morgan fingerprint density at radius 3 is 2.85 bits per heavy atom. The van der Waals surface area contributed by atoms with E-state index in [1.165, 1.54) is 23.0 Å². The van der Waals surface area contributed by atoms with Gasteiger partial charge in [-0.3, -0.25) is 0 Å². The summed E-state index contributed by atoms with van der Waals surface area (Å²) < 4.78 is 4.09. The number of nitrogens with zero attached hydrogens (tertiary/aromatic N) is 2. The second-order valence-electron chi connectivity index (χ2n) is 4.43. The Bertz CT molecular complexity index is 306. The minimum Gasteiger partial charge on any atom is -0.383 e. The van der Waals surface area contributed by atoms with E-state index in [-0.39, 0.29) is 0 Å². The first kappa shape index (κ1) is 8.81. The van der Waals surface area contributed by atoms with Crippen LogP contribution in [-0.4, -0.2) is 17.5 Å². The molecule has 0 saturated carbocycles. The van der Waals surface area contributed by atoms with E-state index >= 15 is 0 Å². The molecule has 0 atom stereocenters. The molecule has 1 aliphatic rings. The van der Waals surface area contributed by atoms with Gasteiger partial charge in [0.2, 0.25) is 0 Å². The van der Waals surface area contributed by atoms with Gasteiger partial charge in [-0.1, -0.05) is 13.8 Å². The molecule has 1 saturated heterocycles. The predicted octanol–water partition coefficient (Wildman–Crippen LogP) is 1.96.